The van der Waals surface area contributed by atoms with Crippen molar-refractivity contribution in [2.75, 3.05) is 25.0 Å². The summed E-state index contributed by atoms with van der Waals surface area (Å²) in [6.45, 7) is 1.12. The number of thiazole rings is 1. The lowest BCUT2D eigenvalue weighted by Gasteiger charge is -2.20. The molecule has 2 heterocycles. The molecule has 8 heteroatoms. The number of nitrogens with zero attached hydrogens (tertiary/aromatic N) is 2. The highest BCUT2D eigenvalue weighted by atomic mass is 32.2. The number of fused-ring (bicyclic) bond motifs is 1. The van der Waals surface area contributed by atoms with Gasteiger partial charge in [-0.25, -0.2) is 13.4 Å². The number of ketones is 1. The standard InChI is InChI=1S/C27H27N3O3S2/c31-25(20-10-9-11-21(18-20)35(32,33)30-16-7-1-2-8-17-30)19-28-23-13-4-3-12-22(23)27-29-24-14-5-6-15-26(24)34-27/h3-6,9-15,18,28H,1-2,7-8,16-17,19H2. The van der Waals surface area contributed by atoms with Crippen LogP contribution in [0.15, 0.2) is 77.7 Å². The van der Waals surface area contributed by atoms with E-state index >= 15 is 0 Å². The van der Waals surface area contributed by atoms with E-state index < -0.39 is 10.0 Å². The molecular formula is C27H27N3O3S2. The van der Waals surface area contributed by atoms with Gasteiger partial charge in [-0.3, -0.25) is 4.79 Å². The highest BCUT2D eigenvalue weighted by Crippen LogP contribution is 2.34. The molecule has 4 aromatic rings. The zero-order valence-corrected chi connectivity index (χ0v) is 20.9. The SMILES string of the molecule is O=C(CNc1ccccc1-c1nc2ccccc2s1)c1cccc(S(=O)(=O)N2CCCCCC2)c1. The Labute approximate surface area is 209 Å². The Morgan fingerprint density at radius 1 is 0.914 bits per heavy atom. The van der Waals surface area contributed by atoms with Crippen molar-refractivity contribution in [3.05, 3.63) is 78.4 Å². The van der Waals surface area contributed by atoms with Crippen molar-refractivity contribution in [3.8, 4) is 10.6 Å². The molecule has 5 rings (SSSR count). The van der Waals surface area contributed by atoms with Crippen molar-refractivity contribution in [1.82, 2.24) is 9.29 Å². The van der Waals surface area contributed by atoms with Gasteiger partial charge in [0.15, 0.2) is 5.78 Å². The van der Waals surface area contributed by atoms with E-state index in [0.29, 0.717) is 18.7 Å². The molecule has 1 saturated heterocycles. The molecule has 1 aliphatic heterocycles. The quantitative estimate of drug-likeness (QED) is 0.320. The molecule has 1 N–H and O–H groups in total. The fourth-order valence-corrected chi connectivity index (χ4v) is 6.92. The van der Waals surface area contributed by atoms with Gasteiger partial charge in [0, 0.05) is 29.9 Å². The minimum atomic E-state index is -3.61. The summed E-state index contributed by atoms with van der Waals surface area (Å²) in [5, 5.41) is 4.12. The molecule has 180 valence electrons. The van der Waals surface area contributed by atoms with Crippen molar-refractivity contribution < 1.29 is 13.2 Å². The van der Waals surface area contributed by atoms with E-state index in [1.165, 1.54) is 6.07 Å². The average molecular weight is 506 g/mol. The van der Waals surface area contributed by atoms with Crippen LogP contribution in [0.25, 0.3) is 20.8 Å². The van der Waals surface area contributed by atoms with E-state index in [-0.39, 0.29) is 17.2 Å². The molecule has 1 fully saturated rings. The molecule has 0 bridgehead atoms. The monoisotopic (exact) mass is 505 g/mol. The smallest absolute Gasteiger partial charge is 0.243 e. The largest absolute Gasteiger partial charge is 0.377 e. The van der Waals surface area contributed by atoms with Crippen LogP contribution in [0.3, 0.4) is 0 Å². The highest BCUT2D eigenvalue weighted by molar-refractivity contribution is 7.89. The van der Waals surface area contributed by atoms with Crippen molar-refractivity contribution in [1.29, 1.82) is 0 Å². The molecule has 1 aromatic heterocycles. The summed E-state index contributed by atoms with van der Waals surface area (Å²) in [6.07, 6.45) is 3.84. The number of anilines is 1. The first-order valence-corrected chi connectivity index (χ1v) is 14.1. The summed E-state index contributed by atoms with van der Waals surface area (Å²) in [5.74, 6) is -0.169. The number of carbonyl (C=O) groups is 1. The van der Waals surface area contributed by atoms with Gasteiger partial charge in [-0.1, -0.05) is 49.2 Å². The van der Waals surface area contributed by atoms with Crippen molar-refractivity contribution >= 4 is 43.0 Å². The number of para-hydroxylation sites is 2. The van der Waals surface area contributed by atoms with Crippen LogP contribution in [0, 0.1) is 0 Å². The lowest BCUT2D eigenvalue weighted by atomic mass is 10.1. The lowest BCUT2D eigenvalue weighted by molar-refractivity contribution is 0.101. The second-order valence-corrected chi connectivity index (χ2v) is 11.6. The number of hydrogen-bond donors (Lipinski definition) is 1. The number of aromatic nitrogens is 1. The Kier molecular flexibility index (Phi) is 6.95. The van der Waals surface area contributed by atoms with Gasteiger partial charge in [0.1, 0.15) is 5.01 Å². The molecule has 0 spiro atoms. The third kappa shape index (κ3) is 5.15. The van der Waals surface area contributed by atoms with Gasteiger partial charge >= 0.3 is 0 Å². The third-order valence-corrected chi connectivity index (χ3v) is 9.21. The van der Waals surface area contributed by atoms with Crippen LogP contribution >= 0.6 is 11.3 Å². The average Bonchev–Trinajstić information content (AvgIpc) is 3.12. The molecule has 0 radical (unpaired) electrons. The minimum Gasteiger partial charge on any atom is -0.377 e. The van der Waals surface area contributed by atoms with Crippen LogP contribution in [-0.4, -0.2) is 43.1 Å². The molecule has 0 unspecified atom stereocenters. The van der Waals surface area contributed by atoms with Gasteiger partial charge in [0.2, 0.25) is 10.0 Å². The molecule has 6 nitrogen and oxygen atoms in total. The Hall–Kier alpha value is -3.07. The molecule has 0 atom stereocenters. The first-order chi connectivity index (χ1) is 17.0. The van der Waals surface area contributed by atoms with Crippen LogP contribution in [0.4, 0.5) is 5.69 Å². The number of hydrogen-bond acceptors (Lipinski definition) is 6. The van der Waals surface area contributed by atoms with Gasteiger partial charge < -0.3 is 5.32 Å². The van der Waals surface area contributed by atoms with Crippen molar-refractivity contribution in [2.24, 2.45) is 0 Å². The molecule has 3 aromatic carbocycles. The lowest BCUT2D eigenvalue weighted by Crippen LogP contribution is -2.32. The maximum Gasteiger partial charge on any atom is 0.243 e. The Balaban J connectivity index is 1.33. The van der Waals surface area contributed by atoms with E-state index in [1.54, 1.807) is 33.8 Å². The summed E-state index contributed by atoms with van der Waals surface area (Å²) >= 11 is 1.61. The number of benzene rings is 3. The van der Waals surface area contributed by atoms with Crippen molar-refractivity contribution in [3.63, 3.8) is 0 Å². The van der Waals surface area contributed by atoms with Gasteiger partial charge in [-0.05, 0) is 49.2 Å². The van der Waals surface area contributed by atoms with Crippen LogP contribution in [0.1, 0.15) is 36.0 Å². The topological polar surface area (TPSA) is 79.4 Å². The molecule has 1 aliphatic rings. The number of nitrogens with one attached hydrogen (secondary N) is 1. The van der Waals surface area contributed by atoms with Crippen LogP contribution in [0.2, 0.25) is 0 Å². The summed E-state index contributed by atoms with van der Waals surface area (Å²) < 4.78 is 29.0. The third-order valence-electron chi connectivity index (χ3n) is 6.25. The number of sulfonamides is 1. The maximum absolute atomic E-state index is 13.2. The van der Waals surface area contributed by atoms with Crippen LogP contribution in [0.5, 0.6) is 0 Å². The predicted octanol–water partition coefficient (Wildman–Crippen LogP) is 5.82. The van der Waals surface area contributed by atoms with Gasteiger partial charge in [-0.2, -0.15) is 4.31 Å². The molecular weight excluding hydrogens is 478 g/mol. The first-order valence-electron chi connectivity index (χ1n) is 11.8. The first kappa shape index (κ1) is 23.7. The number of carbonyl (C=O) groups excluding carboxylic acids is 1. The summed E-state index contributed by atoms with van der Waals surface area (Å²) in [4.78, 5) is 18.0. The second kappa shape index (κ2) is 10.3. The number of rotatable bonds is 7. The minimum absolute atomic E-state index is 0.0507. The Morgan fingerprint density at radius 3 is 2.46 bits per heavy atom. The molecule has 0 saturated carbocycles. The summed E-state index contributed by atoms with van der Waals surface area (Å²) in [6, 6.07) is 22.2. The van der Waals surface area contributed by atoms with Crippen molar-refractivity contribution in [2.45, 2.75) is 30.6 Å². The Morgan fingerprint density at radius 2 is 1.66 bits per heavy atom. The predicted molar refractivity (Wildman–Crippen MR) is 142 cm³/mol. The zero-order valence-electron chi connectivity index (χ0n) is 19.3. The fourth-order valence-electron chi connectivity index (χ4n) is 4.35. The molecule has 35 heavy (non-hydrogen) atoms. The van der Waals surface area contributed by atoms with E-state index in [1.807, 2.05) is 48.5 Å². The number of Topliss-reactive ketones (excluding diaryl/α,β-unsaturated/α-hetero) is 1. The zero-order chi connectivity index (χ0) is 24.3. The van der Waals surface area contributed by atoms with Crippen LogP contribution in [-0.2, 0) is 10.0 Å². The van der Waals surface area contributed by atoms with E-state index in [2.05, 4.69) is 5.32 Å². The second-order valence-electron chi connectivity index (χ2n) is 8.66. The van der Waals surface area contributed by atoms with Gasteiger partial charge in [-0.15, -0.1) is 11.3 Å². The maximum atomic E-state index is 13.2. The Bertz CT molecular complexity index is 1420. The summed E-state index contributed by atoms with van der Waals surface area (Å²) in [7, 11) is -3.61. The summed E-state index contributed by atoms with van der Waals surface area (Å²) in [5.41, 5.74) is 3.07. The van der Waals surface area contributed by atoms with E-state index in [4.69, 9.17) is 4.98 Å². The molecule has 0 aliphatic carbocycles. The fraction of sp³-hybridized carbons (Fsp3) is 0.259. The highest BCUT2D eigenvalue weighted by Gasteiger charge is 2.25. The van der Waals surface area contributed by atoms with Crippen LogP contribution < -0.4 is 5.32 Å². The van der Waals surface area contributed by atoms with Gasteiger partial charge in [0.25, 0.3) is 0 Å². The van der Waals surface area contributed by atoms with Gasteiger partial charge in [0.05, 0.1) is 21.7 Å². The normalized spacial score (nSPS) is 15.1. The van der Waals surface area contributed by atoms with E-state index in [0.717, 1.165) is 52.2 Å². The van der Waals surface area contributed by atoms with E-state index in [9.17, 15) is 13.2 Å². The molecule has 0 amide bonds.